The van der Waals surface area contributed by atoms with Crippen LogP contribution >= 0.6 is 11.8 Å². The van der Waals surface area contributed by atoms with Gasteiger partial charge in [-0.05, 0) is 6.07 Å². The van der Waals surface area contributed by atoms with E-state index >= 15 is 0 Å². The molecule has 4 aromatic rings. The summed E-state index contributed by atoms with van der Waals surface area (Å²) in [6.45, 7) is 1.15. The second kappa shape index (κ2) is 8.41. The SMILES string of the molecule is COCCn1c(SCC(=O)c2ccccc2)nnc1-c1c[nH]c2ccccc12. The minimum atomic E-state index is 0.0699. The van der Waals surface area contributed by atoms with E-state index in [9.17, 15) is 4.79 Å². The molecule has 142 valence electrons. The van der Waals surface area contributed by atoms with Crippen molar-refractivity contribution in [2.75, 3.05) is 19.5 Å². The lowest BCUT2D eigenvalue weighted by atomic mass is 10.1. The average Bonchev–Trinajstić information content (AvgIpc) is 3.34. The van der Waals surface area contributed by atoms with Crippen LogP contribution in [0.4, 0.5) is 0 Å². The molecule has 0 aliphatic carbocycles. The van der Waals surface area contributed by atoms with Crippen molar-refractivity contribution < 1.29 is 9.53 Å². The number of hydrogen-bond donors (Lipinski definition) is 1. The molecule has 0 fully saturated rings. The predicted molar refractivity (Wildman–Crippen MR) is 111 cm³/mol. The number of thioether (sulfide) groups is 1. The van der Waals surface area contributed by atoms with Crippen molar-refractivity contribution in [3.05, 3.63) is 66.4 Å². The molecule has 1 N–H and O–H groups in total. The molecule has 2 aromatic heterocycles. The maximum absolute atomic E-state index is 12.4. The summed E-state index contributed by atoms with van der Waals surface area (Å²) in [6.07, 6.45) is 1.95. The molecule has 7 heteroatoms. The number of nitrogens with zero attached hydrogens (tertiary/aromatic N) is 3. The molecule has 6 nitrogen and oxygen atoms in total. The number of hydrogen-bond acceptors (Lipinski definition) is 5. The van der Waals surface area contributed by atoms with Crippen LogP contribution in [0.25, 0.3) is 22.3 Å². The molecule has 0 saturated heterocycles. The number of Topliss-reactive ketones (excluding diaryl/α,β-unsaturated/α-hetero) is 1. The number of carbonyl (C=O) groups excluding carboxylic acids is 1. The quantitative estimate of drug-likeness (QED) is 0.362. The third-order valence-corrected chi connectivity index (χ3v) is 5.46. The van der Waals surface area contributed by atoms with Gasteiger partial charge in [-0.25, -0.2) is 0 Å². The minimum Gasteiger partial charge on any atom is -0.383 e. The predicted octanol–water partition coefficient (Wildman–Crippen LogP) is 4.05. The van der Waals surface area contributed by atoms with Crippen LogP contribution in [0.2, 0.25) is 0 Å². The van der Waals surface area contributed by atoms with E-state index in [2.05, 4.69) is 21.2 Å². The van der Waals surface area contributed by atoms with Crippen LogP contribution in [-0.4, -0.2) is 45.0 Å². The lowest BCUT2D eigenvalue weighted by Gasteiger charge is -2.09. The zero-order valence-electron chi connectivity index (χ0n) is 15.5. The molecule has 0 aliphatic heterocycles. The second-order valence-corrected chi connectivity index (χ2v) is 7.22. The topological polar surface area (TPSA) is 72.8 Å². The molecule has 0 saturated carbocycles. The van der Waals surface area contributed by atoms with E-state index in [4.69, 9.17) is 4.74 Å². The monoisotopic (exact) mass is 392 g/mol. The smallest absolute Gasteiger partial charge is 0.192 e. The highest BCUT2D eigenvalue weighted by atomic mass is 32.2. The van der Waals surface area contributed by atoms with E-state index in [1.54, 1.807) is 7.11 Å². The van der Waals surface area contributed by atoms with Gasteiger partial charge in [0.2, 0.25) is 0 Å². The van der Waals surface area contributed by atoms with E-state index in [-0.39, 0.29) is 5.78 Å². The van der Waals surface area contributed by atoms with E-state index in [1.165, 1.54) is 11.8 Å². The summed E-state index contributed by atoms with van der Waals surface area (Å²) in [5.41, 5.74) is 2.74. The largest absolute Gasteiger partial charge is 0.383 e. The first-order valence-electron chi connectivity index (χ1n) is 8.97. The highest BCUT2D eigenvalue weighted by molar-refractivity contribution is 7.99. The standard InChI is InChI=1S/C21H20N4O2S/c1-27-12-11-25-20(17-13-22-18-10-6-5-9-16(17)18)23-24-21(25)28-14-19(26)15-7-3-2-4-8-15/h2-10,13,22H,11-12,14H2,1H3. The maximum Gasteiger partial charge on any atom is 0.192 e. The Kier molecular flexibility index (Phi) is 5.55. The number of para-hydroxylation sites is 1. The number of H-pyrrole nitrogens is 1. The lowest BCUT2D eigenvalue weighted by molar-refractivity contribution is 0.102. The summed E-state index contributed by atoms with van der Waals surface area (Å²) >= 11 is 1.40. The molecule has 28 heavy (non-hydrogen) atoms. The number of ether oxygens (including phenoxy) is 1. The van der Waals surface area contributed by atoms with Crippen LogP contribution in [0.5, 0.6) is 0 Å². The first-order valence-corrected chi connectivity index (χ1v) is 9.96. The van der Waals surface area contributed by atoms with E-state index in [0.29, 0.717) is 29.6 Å². The summed E-state index contributed by atoms with van der Waals surface area (Å²) in [5.74, 6) is 1.15. The number of ketones is 1. The molecule has 2 heterocycles. The Morgan fingerprint density at radius 3 is 2.71 bits per heavy atom. The Hall–Kier alpha value is -2.90. The fraction of sp³-hybridized carbons (Fsp3) is 0.190. The van der Waals surface area contributed by atoms with Crippen molar-refractivity contribution in [1.82, 2.24) is 19.7 Å². The number of aromatic amines is 1. The molecule has 0 unspecified atom stereocenters. The average molecular weight is 392 g/mol. The summed E-state index contributed by atoms with van der Waals surface area (Å²) in [6, 6.07) is 17.4. The fourth-order valence-corrected chi connectivity index (χ4v) is 3.93. The number of methoxy groups -OCH3 is 1. The minimum absolute atomic E-state index is 0.0699. The Balaban J connectivity index is 1.62. The van der Waals surface area contributed by atoms with Crippen LogP contribution in [0.3, 0.4) is 0 Å². The second-order valence-electron chi connectivity index (χ2n) is 6.28. The molecule has 0 spiro atoms. The van der Waals surface area contributed by atoms with Gasteiger partial charge < -0.3 is 9.72 Å². The van der Waals surface area contributed by atoms with Gasteiger partial charge in [-0.3, -0.25) is 9.36 Å². The van der Waals surface area contributed by atoms with Gasteiger partial charge in [-0.15, -0.1) is 10.2 Å². The lowest BCUT2D eigenvalue weighted by Crippen LogP contribution is -2.09. The Morgan fingerprint density at radius 2 is 1.89 bits per heavy atom. The van der Waals surface area contributed by atoms with Crippen LogP contribution in [0.15, 0.2) is 66.0 Å². The molecule has 4 rings (SSSR count). The summed E-state index contributed by atoms with van der Waals surface area (Å²) in [5, 5.41) is 10.6. The number of rotatable bonds is 8. The molecular formula is C21H20N4O2S. The van der Waals surface area contributed by atoms with Crippen LogP contribution in [0, 0.1) is 0 Å². The van der Waals surface area contributed by atoms with Gasteiger partial charge >= 0.3 is 0 Å². The maximum atomic E-state index is 12.4. The van der Waals surface area contributed by atoms with Gasteiger partial charge in [-0.2, -0.15) is 0 Å². The molecule has 2 aromatic carbocycles. The number of nitrogens with one attached hydrogen (secondary N) is 1. The van der Waals surface area contributed by atoms with Crippen molar-refractivity contribution in [2.45, 2.75) is 11.7 Å². The fourth-order valence-electron chi connectivity index (χ4n) is 3.07. The highest BCUT2D eigenvalue weighted by Crippen LogP contribution is 2.30. The Labute approximate surface area is 166 Å². The van der Waals surface area contributed by atoms with E-state index in [1.807, 2.05) is 59.3 Å². The van der Waals surface area contributed by atoms with Crippen LogP contribution in [-0.2, 0) is 11.3 Å². The number of carbonyl (C=O) groups is 1. The number of fused-ring (bicyclic) bond motifs is 1. The first kappa shape index (κ1) is 18.5. The highest BCUT2D eigenvalue weighted by Gasteiger charge is 2.18. The van der Waals surface area contributed by atoms with Gasteiger partial charge in [0.1, 0.15) is 0 Å². The Morgan fingerprint density at radius 1 is 1.11 bits per heavy atom. The summed E-state index contributed by atoms with van der Waals surface area (Å²) in [4.78, 5) is 15.7. The van der Waals surface area contributed by atoms with Crippen LogP contribution < -0.4 is 0 Å². The van der Waals surface area contributed by atoms with Crippen molar-refractivity contribution >= 4 is 28.4 Å². The summed E-state index contributed by atoms with van der Waals surface area (Å²) < 4.78 is 7.28. The Bertz CT molecular complexity index is 1090. The van der Waals surface area contributed by atoms with E-state index < -0.39 is 0 Å². The molecule has 0 aliphatic rings. The normalized spacial score (nSPS) is 11.2. The van der Waals surface area contributed by atoms with Gasteiger partial charge in [0.15, 0.2) is 16.8 Å². The van der Waals surface area contributed by atoms with Gasteiger partial charge in [0, 0.05) is 35.3 Å². The van der Waals surface area contributed by atoms with Gasteiger partial charge in [0.05, 0.1) is 18.9 Å². The number of aromatic nitrogens is 4. The van der Waals surface area contributed by atoms with Crippen molar-refractivity contribution in [2.24, 2.45) is 0 Å². The van der Waals surface area contributed by atoms with Gasteiger partial charge in [0.25, 0.3) is 0 Å². The van der Waals surface area contributed by atoms with Crippen molar-refractivity contribution in [3.63, 3.8) is 0 Å². The molecule has 0 amide bonds. The summed E-state index contributed by atoms with van der Waals surface area (Å²) in [7, 11) is 1.67. The number of benzene rings is 2. The van der Waals surface area contributed by atoms with Crippen molar-refractivity contribution in [3.8, 4) is 11.4 Å². The molecular weight excluding hydrogens is 372 g/mol. The van der Waals surface area contributed by atoms with E-state index in [0.717, 1.165) is 22.3 Å². The van der Waals surface area contributed by atoms with Gasteiger partial charge in [-0.1, -0.05) is 60.3 Å². The molecule has 0 radical (unpaired) electrons. The first-order chi connectivity index (χ1) is 13.8. The van der Waals surface area contributed by atoms with Crippen molar-refractivity contribution in [1.29, 1.82) is 0 Å². The third kappa shape index (κ3) is 3.72. The third-order valence-electron chi connectivity index (χ3n) is 4.49. The zero-order chi connectivity index (χ0) is 19.3. The zero-order valence-corrected chi connectivity index (χ0v) is 16.3. The molecule has 0 atom stereocenters. The molecule has 0 bridgehead atoms. The van der Waals surface area contributed by atoms with Crippen LogP contribution in [0.1, 0.15) is 10.4 Å².